The molecule has 0 aliphatic carbocycles. The van der Waals surface area contributed by atoms with E-state index in [1.54, 1.807) is 30.7 Å². The number of hydrogen-bond donors (Lipinski definition) is 3. The van der Waals surface area contributed by atoms with Crippen molar-refractivity contribution in [3.05, 3.63) is 66.6 Å². The third-order valence-corrected chi connectivity index (χ3v) is 12.9. The van der Waals surface area contributed by atoms with Gasteiger partial charge in [-0.3, -0.25) is 4.98 Å². The van der Waals surface area contributed by atoms with Crippen LogP contribution in [0.2, 0.25) is 18.1 Å². The monoisotopic (exact) mass is 609 g/mol. The van der Waals surface area contributed by atoms with Crippen molar-refractivity contribution in [2.24, 2.45) is 5.92 Å². The van der Waals surface area contributed by atoms with Crippen molar-refractivity contribution in [2.45, 2.75) is 58.0 Å². The summed E-state index contributed by atoms with van der Waals surface area (Å²) in [6, 6.07) is 8.30. The lowest BCUT2D eigenvalue weighted by Gasteiger charge is -2.48. The Hall–Kier alpha value is -4.10. The van der Waals surface area contributed by atoms with Crippen LogP contribution in [0.3, 0.4) is 0 Å². The minimum atomic E-state index is -2.18. The molecule has 1 fully saturated rings. The maximum atomic E-state index is 14.5. The number of amides is 1. The first kappa shape index (κ1) is 30.4. The molecule has 1 aliphatic heterocycles. The van der Waals surface area contributed by atoms with Crippen LogP contribution in [0.1, 0.15) is 27.7 Å². The highest BCUT2D eigenvalue weighted by atomic mass is 28.4. The van der Waals surface area contributed by atoms with Gasteiger partial charge in [0.1, 0.15) is 11.6 Å². The second-order valence-corrected chi connectivity index (χ2v) is 17.3. The summed E-state index contributed by atoms with van der Waals surface area (Å²) in [5.41, 5.74) is 1.93. The molecule has 3 N–H and O–H groups in total. The number of halogens is 2. The van der Waals surface area contributed by atoms with Crippen molar-refractivity contribution in [2.75, 3.05) is 23.3 Å². The smallest absolute Gasteiger partial charge is 0.405 e. The zero-order valence-electron chi connectivity index (χ0n) is 25.1. The van der Waals surface area contributed by atoms with Crippen molar-refractivity contribution >= 4 is 37.3 Å². The zero-order chi connectivity index (χ0) is 31.1. The van der Waals surface area contributed by atoms with E-state index in [2.05, 4.69) is 71.4 Å². The molecule has 0 saturated carbocycles. The number of nitrogens with zero attached hydrogens (tertiary/aromatic N) is 5. The first-order valence-electron chi connectivity index (χ1n) is 14.2. The van der Waals surface area contributed by atoms with E-state index in [-0.39, 0.29) is 28.3 Å². The SMILES string of the molecule is C[C@H]1CN(c2ccncc2Nc2ncc3ccc(-c4c(F)cccc4F)nn23)C[C@@H](NC(=O)O)[C@@H]1O[Si](C)(C)C(C)(C)C. The van der Waals surface area contributed by atoms with E-state index in [0.29, 0.717) is 30.2 Å². The minimum absolute atomic E-state index is 0.00730. The lowest BCUT2D eigenvalue weighted by Crippen LogP contribution is -2.62. The van der Waals surface area contributed by atoms with Crippen LogP contribution in [0.25, 0.3) is 16.8 Å². The van der Waals surface area contributed by atoms with Gasteiger partial charge in [-0.1, -0.05) is 33.8 Å². The molecule has 10 nitrogen and oxygen atoms in total. The fourth-order valence-electron chi connectivity index (χ4n) is 5.19. The van der Waals surface area contributed by atoms with E-state index in [4.69, 9.17) is 4.43 Å². The minimum Gasteiger partial charge on any atom is -0.465 e. The summed E-state index contributed by atoms with van der Waals surface area (Å²) < 4.78 is 37.3. The summed E-state index contributed by atoms with van der Waals surface area (Å²) in [5, 5.41) is 20.1. The number of piperidine rings is 1. The van der Waals surface area contributed by atoms with Gasteiger partial charge in [0.15, 0.2) is 8.32 Å². The average molecular weight is 610 g/mol. The molecule has 1 saturated heterocycles. The lowest BCUT2D eigenvalue weighted by molar-refractivity contribution is 0.0722. The van der Waals surface area contributed by atoms with Crippen molar-refractivity contribution in [3.63, 3.8) is 0 Å². The topological polar surface area (TPSA) is 117 Å². The predicted molar refractivity (Wildman–Crippen MR) is 164 cm³/mol. The summed E-state index contributed by atoms with van der Waals surface area (Å²) in [4.78, 5) is 22.7. The average Bonchev–Trinajstić information content (AvgIpc) is 3.31. The van der Waals surface area contributed by atoms with Gasteiger partial charge in [-0.05, 0) is 48.5 Å². The van der Waals surface area contributed by atoms with Crippen LogP contribution >= 0.6 is 0 Å². The number of nitrogens with one attached hydrogen (secondary N) is 2. The molecule has 13 heteroatoms. The molecule has 228 valence electrons. The predicted octanol–water partition coefficient (Wildman–Crippen LogP) is 6.30. The van der Waals surface area contributed by atoms with Crippen LogP contribution in [0, 0.1) is 17.6 Å². The number of rotatable bonds is 7. The van der Waals surface area contributed by atoms with E-state index >= 15 is 0 Å². The number of carbonyl (C=O) groups is 1. The Bertz CT molecular complexity index is 1620. The van der Waals surface area contributed by atoms with Crippen LogP contribution in [-0.4, -0.2) is 64.3 Å². The van der Waals surface area contributed by atoms with Gasteiger partial charge in [0.05, 0.1) is 52.7 Å². The van der Waals surface area contributed by atoms with Gasteiger partial charge < -0.3 is 25.1 Å². The summed E-state index contributed by atoms with van der Waals surface area (Å²) in [6.07, 6.45) is 3.53. The van der Waals surface area contributed by atoms with Gasteiger partial charge in [-0.25, -0.2) is 18.6 Å². The molecular formula is C30H37F2N7O3Si. The number of aromatic nitrogens is 4. The number of fused-ring (bicyclic) bond motifs is 1. The van der Waals surface area contributed by atoms with Crippen LogP contribution in [0.5, 0.6) is 0 Å². The van der Waals surface area contributed by atoms with Gasteiger partial charge in [-0.15, -0.1) is 0 Å². The summed E-state index contributed by atoms with van der Waals surface area (Å²) in [6.45, 7) is 13.9. The standard InChI is InChI=1S/C30H37F2N7O3Si/c1-18-16-38(17-24(36-29(40)41)27(18)42-43(5,6)30(2,3)4)25-12-13-33-15-23(25)35-28-34-14-19-10-11-22(37-39(19)28)26-20(31)8-7-9-21(26)32/h7-15,18,24,27,36H,16-17H2,1-6H3,(H,34,35)(H,40,41)/t18-,24+,27+/m0/s1. The Morgan fingerprint density at radius 2 is 1.81 bits per heavy atom. The number of carboxylic acid groups (broad SMARTS) is 1. The molecule has 1 aromatic carbocycles. The highest BCUT2D eigenvalue weighted by Crippen LogP contribution is 2.40. The van der Waals surface area contributed by atoms with Gasteiger partial charge in [0.25, 0.3) is 0 Å². The zero-order valence-corrected chi connectivity index (χ0v) is 26.1. The van der Waals surface area contributed by atoms with Gasteiger partial charge in [0.2, 0.25) is 5.95 Å². The first-order valence-corrected chi connectivity index (χ1v) is 17.1. The fourth-order valence-corrected chi connectivity index (χ4v) is 6.62. The molecule has 43 heavy (non-hydrogen) atoms. The number of imidazole rings is 1. The van der Waals surface area contributed by atoms with Crippen molar-refractivity contribution in [1.82, 2.24) is 24.9 Å². The Kier molecular flexibility index (Phi) is 8.14. The third kappa shape index (κ3) is 6.18. The Morgan fingerprint density at radius 3 is 2.49 bits per heavy atom. The Labute approximate surface area is 250 Å². The molecule has 4 heterocycles. The number of anilines is 3. The van der Waals surface area contributed by atoms with E-state index in [0.717, 1.165) is 5.69 Å². The summed E-state index contributed by atoms with van der Waals surface area (Å²) in [5.74, 6) is -1.09. The molecule has 1 amide bonds. The van der Waals surface area contributed by atoms with Gasteiger partial charge >= 0.3 is 6.09 Å². The van der Waals surface area contributed by atoms with E-state index in [9.17, 15) is 18.7 Å². The van der Waals surface area contributed by atoms with E-state index < -0.39 is 32.1 Å². The fraction of sp³-hybridized carbons (Fsp3) is 0.400. The summed E-state index contributed by atoms with van der Waals surface area (Å²) >= 11 is 0. The first-order chi connectivity index (χ1) is 20.2. The van der Waals surface area contributed by atoms with Crippen LogP contribution in [0.4, 0.5) is 30.9 Å². The van der Waals surface area contributed by atoms with Crippen molar-refractivity contribution < 1.29 is 23.1 Å². The van der Waals surface area contributed by atoms with Gasteiger partial charge in [-0.2, -0.15) is 9.61 Å². The Morgan fingerprint density at radius 1 is 1.09 bits per heavy atom. The second-order valence-electron chi connectivity index (χ2n) is 12.5. The molecular weight excluding hydrogens is 572 g/mol. The van der Waals surface area contributed by atoms with Gasteiger partial charge in [0, 0.05) is 25.2 Å². The largest absolute Gasteiger partial charge is 0.465 e. The van der Waals surface area contributed by atoms with Crippen LogP contribution in [0.15, 0.2) is 55.0 Å². The number of hydrogen-bond acceptors (Lipinski definition) is 7. The molecule has 0 spiro atoms. The van der Waals surface area contributed by atoms with Crippen molar-refractivity contribution in [3.8, 4) is 11.3 Å². The molecule has 1 aliphatic rings. The molecule has 0 unspecified atom stereocenters. The third-order valence-electron chi connectivity index (χ3n) is 8.42. The maximum Gasteiger partial charge on any atom is 0.405 e. The van der Waals surface area contributed by atoms with E-state index in [1.165, 1.54) is 22.7 Å². The normalized spacial score (nSPS) is 19.4. The molecule has 3 atom stereocenters. The summed E-state index contributed by atoms with van der Waals surface area (Å²) in [7, 11) is -2.18. The number of pyridine rings is 1. The highest BCUT2D eigenvalue weighted by Gasteiger charge is 2.45. The lowest BCUT2D eigenvalue weighted by atomic mass is 9.92. The maximum absolute atomic E-state index is 14.5. The highest BCUT2D eigenvalue weighted by molar-refractivity contribution is 6.74. The second kappa shape index (κ2) is 11.5. The molecule has 0 radical (unpaired) electrons. The van der Waals surface area contributed by atoms with Crippen molar-refractivity contribution in [1.29, 1.82) is 0 Å². The molecule has 5 rings (SSSR count). The number of benzene rings is 1. The van der Waals surface area contributed by atoms with Crippen LogP contribution < -0.4 is 15.5 Å². The molecule has 4 aromatic rings. The Balaban J connectivity index is 1.45. The quantitative estimate of drug-likeness (QED) is 0.209. The van der Waals surface area contributed by atoms with E-state index in [1.807, 2.05) is 6.07 Å². The molecule has 3 aromatic heterocycles. The van der Waals surface area contributed by atoms with Crippen LogP contribution in [-0.2, 0) is 4.43 Å². The molecule has 0 bridgehead atoms.